The van der Waals surface area contributed by atoms with Gasteiger partial charge >= 0.3 is 5.97 Å². The number of hydrogen-bond acceptors (Lipinski definition) is 6. The molecule has 1 amide bonds. The SMILES string of the molecule is Cc1cccc(N2CC(Nc3nccc(-c4cc(C(=O)O)ccn4)n3)CC2=O)c1. The number of carbonyl (C=O) groups is 2. The zero-order valence-electron chi connectivity index (χ0n) is 15.7. The number of amides is 1. The average molecular weight is 389 g/mol. The number of hydrogen-bond donors (Lipinski definition) is 2. The fourth-order valence-corrected chi connectivity index (χ4v) is 3.31. The molecule has 8 heteroatoms. The molecule has 3 aromatic rings. The summed E-state index contributed by atoms with van der Waals surface area (Å²) in [6, 6.07) is 12.3. The smallest absolute Gasteiger partial charge is 0.335 e. The van der Waals surface area contributed by atoms with Gasteiger partial charge in [0.15, 0.2) is 0 Å². The summed E-state index contributed by atoms with van der Waals surface area (Å²) in [6.07, 6.45) is 3.35. The summed E-state index contributed by atoms with van der Waals surface area (Å²) in [7, 11) is 0. The number of nitrogens with zero attached hydrogens (tertiary/aromatic N) is 4. The van der Waals surface area contributed by atoms with Crippen LogP contribution in [0.25, 0.3) is 11.4 Å². The van der Waals surface area contributed by atoms with Crippen LogP contribution in [-0.2, 0) is 4.79 Å². The molecule has 1 atom stereocenters. The van der Waals surface area contributed by atoms with Crippen LogP contribution in [0.4, 0.5) is 11.6 Å². The molecule has 2 N–H and O–H groups in total. The third-order valence-corrected chi connectivity index (χ3v) is 4.70. The summed E-state index contributed by atoms with van der Waals surface area (Å²) in [4.78, 5) is 38.2. The van der Waals surface area contributed by atoms with Crippen molar-refractivity contribution in [1.29, 1.82) is 0 Å². The Morgan fingerprint density at radius 3 is 2.76 bits per heavy atom. The lowest BCUT2D eigenvalue weighted by Gasteiger charge is -2.17. The van der Waals surface area contributed by atoms with Gasteiger partial charge in [0.05, 0.1) is 23.0 Å². The highest BCUT2D eigenvalue weighted by atomic mass is 16.4. The Kier molecular flexibility index (Phi) is 4.90. The topological polar surface area (TPSA) is 108 Å². The van der Waals surface area contributed by atoms with Crippen LogP contribution in [0.15, 0.2) is 54.9 Å². The third-order valence-electron chi connectivity index (χ3n) is 4.70. The van der Waals surface area contributed by atoms with Crippen LogP contribution < -0.4 is 10.2 Å². The molecule has 1 saturated heterocycles. The standard InChI is InChI=1S/C21H19N5O3/c1-13-3-2-4-16(9-13)26-12-15(11-19(26)27)24-21-23-8-6-17(25-21)18-10-14(20(28)29)5-7-22-18/h2-10,15H,11-12H2,1H3,(H,28,29)(H,23,24,25). The Bertz CT molecular complexity index is 1090. The number of aryl methyl sites for hydroxylation is 1. The van der Waals surface area contributed by atoms with E-state index in [1.54, 1.807) is 17.2 Å². The maximum Gasteiger partial charge on any atom is 0.335 e. The number of aromatic carboxylic acids is 1. The molecule has 0 aliphatic carbocycles. The van der Waals surface area contributed by atoms with Crippen LogP contribution in [0.2, 0.25) is 0 Å². The first-order chi connectivity index (χ1) is 14.0. The van der Waals surface area contributed by atoms with Crippen molar-refractivity contribution in [2.45, 2.75) is 19.4 Å². The van der Waals surface area contributed by atoms with Gasteiger partial charge in [0.2, 0.25) is 11.9 Å². The monoisotopic (exact) mass is 389 g/mol. The zero-order chi connectivity index (χ0) is 20.4. The molecule has 1 fully saturated rings. The van der Waals surface area contributed by atoms with Crippen LogP contribution >= 0.6 is 0 Å². The lowest BCUT2D eigenvalue weighted by molar-refractivity contribution is -0.117. The first-order valence-corrected chi connectivity index (χ1v) is 9.16. The van der Waals surface area contributed by atoms with E-state index in [4.69, 9.17) is 5.11 Å². The second kappa shape index (κ2) is 7.67. The number of anilines is 2. The molecule has 4 rings (SSSR count). The average Bonchev–Trinajstić information content (AvgIpc) is 3.08. The van der Waals surface area contributed by atoms with Crippen LogP contribution in [0.3, 0.4) is 0 Å². The summed E-state index contributed by atoms with van der Waals surface area (Å²) in [5, 5.41) is 12.4. The normalized spacial score (nSPS) is 16.1. The lowest BCUT2D eigenvalue weighted by Crippen LogP contribution is -2.28. The van der Waals surface area contributed by atoms with Crippen molar-refractivity contribution in [2.24, 2.45) is 0 Å². The van der Waals surface area contributed by atoms with Crippen molar-refractivity contribution in [3.05, 3.63) is 66.0 Å². The van der Waals surface area contributed by atoms with Gasteiger partial charge in [0.1, 0.15) is 0 Å². The summed E-state index contributed by atoms with van der Waals surface area (Å²) in [6.45, 7) is 2.51. The van der Waals surface area contributed by atoms with Gasteiger partial charge in [-0.2, -0.15) is 0 Å². The summed E-state index contributed by atoms with van der Waals surface area (Å²) in [5.41, 5.74) is 3.06. The molecular weight excluding hydrogens is 370 g/mol. The fourth-order valence-electron chi connectivity index (χ4n) is 3.31. The molecule has 2 aromatic heterocycles. The van der Waals surface area contributed by atoms with Crippen molar-refractivity contribution in [3.63, 3.8) is 0 Å². The molecule has 3 heterocycles. The predicted molar refractivity (Wildman–Crippen MR) is 108 cm³/mol. The van der Waals surface area contributed by atoms with Crippen LogP contribution in [0, 0.1) is 6.92 Å². The van der Waals surface area contributed by atoms with Crippen molar-refractivity contribution >= 4 is 23.5 Å². The summed E-state index contributed by atoms with van der Waals surface area (Å²) >= 11 is 0. The number of aromatic nitrogens is 3. The highest BCUT2D eigenvalue weighted by molar-refractivity contribution is 5.96. The van der Waals surface area contributed by atoms with E-state index in [1.165, 1.54) is 18.3 Å². The number of carboxylic acid groups (broad SMARTS) is 1. The van der Waals surface area contributed by atoms with E-state index < -0.39 is 5.97 Å². The minimum absolute atomic E-state index is 0.0417. The number of nitrogens with one attached hydrogen (secondary N) is 1. The molecule has 1 aromatic carbocycles. The van der Waals surface area contributed by atoms with Gasteiger partial charge in [0, 0.05) is 31.0 Å². The van der Waals surface area contributed by atoms with Crippen LogP contribution in [0.5, 0.6) is 0 Å². The summed E-state index contributed by atoms with van der Waals surface area (Å²) < 4.78 is 0. The number of carboxylic acids is 1. The molecule has 29 heavy (non-hydrogen) atoms. The maximum absolute atomic E-state index is 12.5. The fraction of sp³-hybridized carbons (Fsp3) is 0.190. The van der Waals surface area contributed by atoms with Crippen molar-refractivity contribution in [1.82, 2.24) is 15.0 Å². The van der Waals surface area contributed by atoms with Gasteiger partial charge in [-0.1, -0.05) is 12.1 Å². The van der Waals surface area contributed by atoms with Gasteiger partial charge in [-0.05, 0) is 42.8 Å². The van der Waals surface area contributed by atoms with E-state index in [0.717, 1.165) is 11.3 Å². The Morgan fingerprint density at radius 1 is 1.14 bits per heavy atom. The van der Waals surface area contributed by atoms with Gasteiger partial charge in [0.25, 0.3) is 0 Å². The Labute approximate surface area is 167 Å². The van der Waals surface area contributed by atoms with E-state index in [-0.39, 0.29) is 17.5 Å². The maximum atomic E-state index is 12.5. The molecule has 0 saturated carbocycles. The largest absolute Gasteiger partial charge is 0.478 e. The van der Waals surface area contributed by atoms with Gasteiger partial charge in [-0.25, -0.2) is 14.8 Å². The molecule has 1 aliphatic rings. The first-order valence-electron chi connectivity index (χ1n) is 9.16. The van der Waals surface area contributed by atoms with E-state index in [9.17, 15) is 9.59 Å². The van der Waals surface area contributed by atoms with Crippen molar-refractivity contribution in [3.8, 4) is 11.4 Å². The molecule has 8 nitrogen and oxygen atoms in total. The highest BCUT2D eigenvalue weighted by Crippen LogP contribution is 2.24. The van der Waals surface area contributed by atoms with Gasteiger partial charge < -0.3 is 15.3 Å². The Balaban J connectivity index is 1.51. The molecular formula is C21H19N5O3. The second-order valence-corrected chi connectivity index (χ2v) is 6.89. The van der Waals surface area contributed by atoms with E-state index in [0.29, 0.717) is 30.3 Å². The number of benzene rings is 1. The minimum atomic E-state index is -1.03. The van der Waals surface area contributed by atoms with E-state index >= 15 is 0 Å². The number of carbonyl (C=O) groups excluding carboxylic acids is 1. The zero-order valence-corrected chi connectivity index (χ0v) is 15.7. The van der Waals surface area contributed by atoms with Crippen molar-refractivity contribution < 1.29 is 14.7 Å². The molecule has 0 spiro atoms. The van der Waals surface area contributed by atoms with E-state index in [1.807, 2.05) is 31.2 Å². The predicted octanol–water partition coefficient (Wildman–Crippen LogP) is 2.76. The lowest BCUT2D eigenvalue weighted by atomic mass is 10.2. The van der Waals surface area contributed by atoms with Crippen LogP contribution in [-0.4, -0.2) is 44.5 Å². The minimum Gasteiger partial charge on any atom is -0.478 e. The molecule has 0 bridgehead atoms. The molecule has 146 valence electrons. The Hall–Kier alpha value is -3.81. The molecule has 1 aliphatic heterocycles. The third kappa shape index (κ3) is 4.06. The number of rotatable bonds is 5. The van der Waals surface area contributed by atoms with Gasteiger partial charge in [-0.3, -0.25) is 9.78 Å². The highest BCUT2D eigenvalue weighted by Gasteiger charge is 2.31. The quantitative estimate of drug-likeness (QED) is 0.691. The van der Waals surface area contributed by atoms with Crippen LogP contribution in [0.1, 0.15) is 22.3 Å². The van der Waals surface area contributed by atoms with Crippen molar-refractivity contribution in [2.75, 3.05) is 16.8 Å². The first kappa shape index (κ1) is 18.5. The second-order valence-electron chi connectivity index (χ2n) is 6.89. The van der Waals surface area contributed by atoms with Gasteiger partial charge in [-0.15, -0.1) is 0 Å². The Morgan fingerprint density at radius 2 is 1.97 bits per heavy atom. The molecule has 1 unspecified atom stereocenters. The number of pyridine rings is 1. The summed E-state index contributed by atoms with van der Waals surface area (Å²) in [5.74, 6) is -0.615. The molecule has 0 radical (unpaired) electrons. The van der Waals surface area contributed by atoms with E-state index in [2.05, 4.69) is 20.3 Å².